The zero-order chi connectivity index (χ0) is 13.3. The van der Waals surface area contributed by atoms with Gasteiger partial charge in [0, 0.05) is 23.2 Å². The van der Waals surface area contributed by atoms with E-state index in [9.17, 15) is 9.90 Å². The number of amides is 1. The number of aliphatic hydroxyl groups excluding tert-OH is 1. The van der Waals surface area contributed by atoms with Gasteiger partial charge in [-0.25, -0.2) is 0 Å². The van der Waals surface area contributed by atoms with E-state index in [4.69, 9.17) is 5.73 Å². The Morgan fingerprint density at radius 1 is 1.39 bits per heavy atom. The van der Waals surface area contributed by atoms with Crippen molar-refractivity contribution in [2.24, 2.45) is 5.41 Å². The van der Waals surface area contributed by atoms with Crippen LogP contribution in [0.4, 0.5) is 5.69 Å². The van der Waals surface area contributed by atoms with Gasteiger partial charge < -0.3 is 16.2 Å². The summed E-state index contributed by atoms with van der Waals surface area (Å²) in [5.74, 6) is -0.112. The predicted octanol–water partition coefficient (Wildman–Crippen LogP) is 1.39. The van der Waals surface area contributed by atoms with Crippen LogP contribution in [-0.4, -0.2) is 24.2 Å². The highest BCUT2D eigenvalue weighted by molar-refractivity contribution is 5.96. The van der Waals surface area contributed by atoms with E-state index in [-0.39, 0.29) is 17.9 Å². The molecule has 0 atom stereocenters. The van der Waals surface area contributed by atoms with Crippen LogP contribution in [0.15, 0.2) is 12.1 Å². The zero-order valence-electron chi connectivity index (χ0n) is 10.9. The Balaban J connectivity index is 2.07. The van der Waals surface area contributed by atoms with Gasteiger partial charge in [-0.15, -0.1) is 0 Å². The quantitative estimate of drug-likeness (QED) is 0.705. The Morgan fingerprint density at radius 3 is 2.61 bits per heavy atom. The molecule has 0 unspecified atom stereocenters. The molecule has 1 aromatic carbocycles. The van der Waals surface area contributed by atoms with Crippen molar-refractivity contribution in [1.29, 1.82) is 0 Å². The number of anilines is 1. The van der Waals surface area contributed by atoms with E-state index in [2.05, 4.69) is 5.32 Å². The molecule has 1 aliphatic rings. The van der Waals surface area contributed by atoms with Gasteiger partial charge in [0.2, 0.25) is 0 Å². The van der Waals surface area contributed by atoms with E-state index in [1.54, 1.807) is 6.07 Å². The van der Waals surface area contributed by atoms with Crippen molar-refractivity contribution in [3.63, 3.8) is 0 Å². The Bertz CT molecular complexity index is 479. The molecule has 18 heavy (non-hydrogen) atoms. The molecule has 0 saturated heterocycles. The highest BCUT2D eigenvalue weighted by Crippen LogP contribution is 2.44. The Kier molecular flexibility index (Phi) is 3.30. The summed E-state index contributed by atoms with van der Waals surface area (Å²) >= 11 is 0. The second-order valence-electron chi connectivity index (χ2n) is 5.36. The lowest BCUT2D eigenvalue weighted by molar-refractivity contribution is 0.0934. The van der Waals surface area contributed by atoms with Gasteiger partial charge in [-0.3, -0.25) is 4.79 Å². The molecule has 1 aliphatic carbocycles. The number of carbonyl (C=O) groups excluding carboxylic acids is 1. The van der Waals surface area contributed by atoms with E-state index in [0.717, 1.165) is 24.0 Å². The summed E-state index contributed by atoms with van der Waals surface area (Å²) in [6.07, 6.45) is 1.97. The van der Waals surface area contributed by atoms with Crippen molar-refractivity contribution in [3.05, 3.63) is 28.8 Å². The first-order chi connectivity index (χ1) is 8.47. The number of hydrogen-bond donors (Lipinski definition) is 3. The molecule has 0 aliphatic heterocycles. The fraction of sp³-hybridized carbons (Fsp3) is 0.500. The number of benzene rings is 1. The number of carbonyl (C=O) groups is 1. The summed E-state index contributed by atoms with van der Waals surface area (Å²) in [6, 6.07) is 3.64. The van der Waals surface area contributed by atoms with Gasteiger partial charge in [0.15, 0.2) is 0 Å². The van der Waals surface area contributed by atoms with E-state index in [1.165, 1.54) is 0 Å². The van der Waals surface area contributed by atoms with E-state index in [1.807, 2.05) is 19.9 Å². The fourth-order valence-electron chi connectivity index (χ4n) is 2.04. The Hall–Kier alpha value is -1.55. The average Bonchev–Trinajstić information content (AvgIpc) is 3.11. The molecule has 4 N–H and O–H groups in total. The molecule has 4 heteroatoms. The number of rotatable bonds is 4. The monoisotopic (exact) mass is 248 g/mol. The zero-order valence-corrected chi connectivity index (χ0v) is 10.9. The minimum Gasteiger partial charge on any atom is -0.398 e. The molecule has 1 amide bonds. The maximum absolute atomic E-state index is 12.1. The third-order valence-electron chi connectivity index (χ3n) is 3.77. The molecule has 0 spiro atoms. The van der Waals surface area contributed by atoms with Gasteiger partial charge in [0.25, 0.3) is 5.91 Å². The van der Waals surface area contributed by atoms with Gasteiger partial charge in [-0.2, -0.15) is 0 Å². The molecular formula is C14H20N2O2. The van der Waals surface area contributed by atoms with Crippen molar-refractivity contribution in [1.82, 2.24) is 5.32 Å². The summed E-state index contributed by atoms with van der Waals surface area (Å²) in [4.78, 5) is 12.1. The normalized spacial score (nSPS) is 16.4. The van der Waals surface area contributed by atoms with Crippen LogP contribution in [0.5, 0.6) is 0 Å². The molecule has 0 radical (unpaired) electrons. The predicted molar refractivity (Wildman–Crippen MR) is 71.4 cm³/mol. The summed E-state index contributed by atoms with van der Waals surface area (Å²) in [6.45, 7) is 4.51. The number of hydrogen-bond acceptors (Lipinski definition) is 3. The number of nitrogens with one attached hydrogen (secondary N) is 1. The fourth-order valence-corrected chi connectivity index (χ4v) is 2.04. The minimum absolute atomic E-state index is 0.0696. The largest absolute Gasteiger partial charge is 0.398 e. The molecule has 1 fully saturated rings. The Labute approximate surface area is 107 Å². The number of aryl methyl sites for hydroxylation is 2. The molecule has 4 nitrogen and oxygen atoms in total. The summed E-state index contributed by atoms with van der Waals surface area (Å²) in [5, 5.41) is 12.1. The summed E-state index contributed by atoms with van der Waals surface area (Å²) in [7, 11) is 0. The summed E-state index contributed by atoms with van der Waals surface area (Å²) < 4.78 is 0. The third kappa shape index (κ3) is 2.48. The van der Waals surface area contributed by atoms with E-state index in [0.29, 0.717) is 17.8 Å². The number of aliphatic hydroxyl groups is 1. The molecule has 0 aromatic heterocycles. The SMILES string of the molecule is Cc1cc(C)c(C(=O)NCC2(CO)CC2)cc1N. The molecule has 2 rings (SSSR count). The standard InChI is InChI=1S/C14H20N2O2/c1-9-5-10(2)12(15)6-11(9)13(18)16-7-14(8-17)3-4-14/h5-6,17H,3-4,7-8,15H2,1-2H3,(H,16,18). The van der Waals surface area contributed by atoms with Crippen LogP contribution < -0.4 is 11.1 Å². The maximum Gasteiger partial charge on any atom is 0.251 e. The summed E-state index contributed by atoms with van der Waals surface area (Å²) in [5.41, 5.74) is 8.92. The Morgan fingerprint density at radius 2 is 2.06 bits per heavy atom. The van der Waals surface area contributed by atoms with Crippen LogP contribution in [0, 0.1) is 19.3 Å². The van der Waals surface area contributed by atoms with Crippen molar-refractivity contribution < 1.29 is 9.90 Å². The van der Waals surface area contributed by atoms with Crippen LogP contribution >= 0.6 is 0 Å². The van der Waals surface area contributed by atoms with Gasteiger partial charge in [0.1, 0.15) is 0 Å². The highest BCUT2D eigenvalue weighted by Gasteiger charge is 2.42. The van der Waals surface area contributed by atoms with E-state index < -0.39 is 0 Å². The third-order valence-corrected chi connectivity index (χ3v) is 3.77. The smallest absolute Gasteiger partial charge is 0.251 e. The first kappa shape index (κ1) is 12.9. The van der Waals surface area contributed by atoms with Crippen LogP contribution in [0.25, 0.3) is 0 Å². The van der Waals surface area contributed by atoms with Crippen molar-refractivity contribution in [2.45, 2.75) is 26.7 Å². The average molecular weight is 248 g/mol. The van der Waals surface area contributed by atoms with Crippen LogP contribution in [-0.2, 0) is 0 Å². The van der Waals surface area contributed by atoms with Crippen LogP contribution in [0.2, 0.25) is 0 Å². The first-order valence-corrected chi connectivity index (χ1v) is 6.23. The van der Waals surface area contributed by atoms with Crippen LogP contribution in [0.3, 0.4) is 0 Å². The number of nitrogen functional groups attached to an aromatic ring is 1. The minimum atomic E-state index is -0.112. The van der Waals surface area contributed by atoms with Gasteiger partial charge >= 0.3 is 0 Å². The highest BCUT2D eigenvalue weighted by atomic mass is 16.3. The second kappa shape index (κ2) is 4.61. The van der Waals surface area contributed by atoms with Gasteiger partial charge in [0.05, 0.1) is 6.61 Å². The van der Waals surface area contributed by atoms with Gasteiger partial charge in [-0.1, -0.05) is 6.07 Å². The lowest BCUT2D eigenvalue weighted by atomic mass is 10.0. The van der Waals surface area contributed by atoms with Crippen molar-refractivity contribution in [3.8, 4) is 0 Å². The van der Waals surface area contributed by atoms with Crippen molar-refractivity contribution in [2.75, 3.05) is 18.9 Å². The molecular weight excluding hydrogens is 228 g/mol. The maximum atomic E-state index is 12.1. The molecule has 0 bridgehead atoms. The first-order valence-electron chi connectivity index (χ1n) is 6.23. The topological polar surface area (TPSA) is 75.3 Å². The molecule has 1 aromatic rings. The molecule has 1 saturated carbocycles. The molecule has 98 valence electrons. The molecule has 0 heterocycles. The van der Waals surface area contributed by atoms with Gasteiger partial charge in [-0.05, 0) is 43.9 Å². The second-order valence-corrected chi connectivity index (χ2v) is 5.36. The lowest BCUT2D eigenvalue weighted by Crippen LogP contribution is -2.32. The number of nitrogens with two attached hydrogens (primary N) is 1. The van der Waals surface area contributed by atoms with Crippen molar-refractivity contribution >= 4 is 11.6 Å². The lowest BCUT2D eigenvalue weighted by Gasteiger charge is -2.14. The van der Waals surface area contributed by atoms with Crippen LogP contribution in [0.1, 0.15) is 34.3 Å². The van der Waals surface area contributed by atoms with E-state index >= 15 is 0 Å².